The Morgan fingerprint density at radius 3 is 2.88 bits per heavy atom. The maximum atomic E-state index is 8.87. The number of nitriles is 1. The molecule has 1 aliphatic rings. The van der Waals surface area contributed by atoms with Crippen molar-refractivity contribution in [1.29, 1.82) is 5.26 Å². The van der Waals surface area contributed by atoms with E-state index in [1.54, 1.807) is 0 Å². The van der Waals surface area contributed by atoms with Gasteiger partial charge in [0.25, 0.3) is 0 Å². The monoisotopic (exact) mass is 230 g/mol. The molecule has 1 saturated heterocycles. The van der Waals surface area contributed by atoms with Crippen LogP contribution in [-0.4, -0.2) is 19.2 Å². The van der Waals surface area contributed by atoms with Crippen LogP contribution in [0.15, 0.2) is 24.3 Å². The van der Waals surface area contributed by atoms with Gasteiger partial charge in [-0.3, -0.25) is 0 Å². The molecule has 90 valence electrons. The van der Waals surface area contributed by atoms with Gasteiger partial charge in [-0.15, -0.1) is 0 Å². The largest absolute Gasteiger partial charge is 0.371 e. The summed E-state index contributed by atoms with van der Waals surface area (Å²) in [7, 11) is 0. The van der Waals surface area contributed by atoms with Gasteiger partial charge in [0.05, 0.1) is 24.3 Å². The smallest absolute Gasteiger partial charge is 0.0991 e. The molecule has 0 aliphatic carbocycles. The normalized spacial score (nSPS) is 24.6. The summed E-state index contributed by atoms with van der Waals surface area (Å²) in [5.41, 5.74) is 1.77. The topological polar surface area (TPSA) is 45.0 Å². The minimum atomic E-state index is 0.0679. The molecule has 2 rings (SSSR count). The van der Waals surface area contributed by atoms with Gasteiger partial charge in [-0.2, -0.15) is 5.26 Å². The van der Waals surface area contributed by atoms with E-state index in [0.717, 1.165) is 18.7 Å². The van der Waals surface area contributed by atoms with E-state index in [0.29, 0.717) is 17.5 Å². The Hall–Kier alpha value is -1.37. The standard InChI is InChI=1S/C14H18N2O/c1-10(2)13-9-17-14(8-16-13)12-5-3-4-11(6-12)7-15/h3-6,10,13-14,16H,8-9H2,1-2H3. The lowest BCUT2D eigenvalue weighted by Gasteiger charge is -2.32. The number of ether oxygens (including phenoxy) is 1. The number of hydrogen-bond donors (Lipinski definition) is 1. The second-order valence-electron chi connectivity index (χ2n) is 4.82. The summed E-state index contributed by atoms with van der Waals surface area (Å²) in [5.74, 6) is 0.585. The molecule has 1 aromatic carbocycles. The molecule has 1 N–H and O–H groups in total. The van der Waals surface area contributed by atoms with Crippen molar-refractivity contribution in [2.45, 2.75) is 26.0 Å². The molecule has 0 bridgehead atoms. The lowest BCUT2D eigenvalue weighted by atomic mass is 10.0. The van der Waals surface area contributed by atoms with E-state index >= 15 is 0 Å². The van der Waals surface area contributed by atoms with Crippen molar-refractivity contribution in [2.24, 2.45) is 5.92 Å². The van der Waals surface area contributed by atoms with E-state index in [1.807, 2.05) is 24.3 Å². The summed E-state index contributed by atoms with van der Waals surface area (Å²) in [6.07, 6.45) is 0.0679. The van der Waals surface area contributed by atoms with Crippen molar-refractivity contribution in [3.63, 3.8) is 0 Å². The minimum absolute atomic E-state index is 0.0679. The fourth-order valence-electron chi connectivity index (χ4n) is 2.05. The Balaban J connectivity index is 2.03. The van der Waals surface area contributed by atoms with Gasteiger partial charge in [0.1, 0.15) is 0 Å². The van der Waals surface area contributed by atoms with Gasteiger partial charge in [0.15, 0.2) is 0 Å². The maximum absolute atomic E-state index is 8.87. The van der Waals surface area contributed by atoms with E-state index in [-0.39, 0.29) is 6.10 Å². The zero-order valence-electron chi connectivity index (χ0n) is 10.3. The van der Waals surface area contributed by atoms with E-state index < -0.39 is 0 Å². The van der Waals surface area contributed by atoms with Crippen LogP contribution in [0.3, 0.4) is 0 Å². The van der Waals surface area contributed by atoms with Gasteiger partial charge < -0.3 is 10.1 Å². The Morgan fingerprint density at radius 2 is 2.29 bits per heavy atom. The highest BCUT2D eigenvalue weighted by Gasteiger charge is 2.24. The predicted octanol–water partition coefficient (Wildman–Crippen LogP) is 2.24. The van der Waals surface area contributed by atoms with Crippen LogP contribution >= 0.6 is 0 Å². The lowest BCUT2D eigenvalue weighted by molar-refractivity contribution is -0.00712. The number of nitrogens with zero attached hydrogens (tertiary/aromatic N) is 1. The van der Waals surface area contributed by atoms with Gasteiger partial charge in [0.2, 0.25) is 0 Å². The molecular weight excluding hydrogens is 212 g/mol. The summed E-state index contributed by atoms with van der Waals surface area (Å²) in [6, 6.07) is 10.2. The third-order valence-electron chi connectivity index (χ3n) is 3.23. The molecule has 1 heterocycles. The number of hydrogen-bond acceptors (Lipinski definition) is 3. The number of rotatable bonds is 2. The zero-order valence-corrected chi connectivity index (χ0v) is 10.3. The summed E-state index contributed by atoms with van der Waals surface area (Å²) in [4.78, 5) is 0. The van der Waals surface area contributed by atoms with Crippen molar-refractivity contribution in [1.82, 2.24) is 5.32 Å². The molecular formula is C14H18N2O. The quantitative estimate of drug-likeness (QED) is 0.847. The molecule has 3 heteroatoms. The molecule has 0 radical (unpaired) electrons. The molecule has 2 unspecified atom stereocenters. The highest BCUT2D eigenvalue weighted by Crippen LogP contribution is 2.22. The molecule has 17 heavy (non-hydrogen) atoms. The van der Waals surface area contributed by atoms with Crippen molar-refractivity contribution < 1.29 is 4.74 Å². The molecule has 2 atom stereocenters. The van der Waals surface area contributed by atoms with Crippen LogP contribution < -0.4 is 5.32 Å². The third kappa shape index (κ3) is 2.85. The Bertz CT molecular complexity index is 414. The van der Waals surface area contributed by atoms with E-state index in [1.165, 1.54) is 0 Å². The van der Waals surface area contributed by atoms with Gasteiger partial charge in [-0.1, -0.05) is 26.0 Å². The second-order valence-corrected chi connectivity index (χ2v) is 4.82. The van der Waals surface area contributed by atoms with Crippen LogP contribution in [0.1, 0.15) is 31.1 Å². The lowest BCUT2D eigenvalue weighted by Crippen LogP contribution is -2.45. The molecule has 0 amide bonds. The number of benzene rings is 1. The third-order valence-corrected chi connectivity index (χ3v) is 3.23. The van der Waals surface area contributed by atoms with E-state index in [2.05, 4.69) is 25.2 Å². The molecule has 0 saturated carbocycles. The average Bonchev–Trinajstić information content (AvgIpc) is 2.39. The molecule has 0 spiro atoms. The highest BCUT2D eigenvalue weighted by molar-refractivity contribution is 5.34. The van der Waals surface area contributed by atoms with Crippen molar-refractivity contribution in [2.75, 3.05) is 13.2 Å². The van der Waals surface area contributed by atoms with E-state index in [9.17, 15) is 0 Å². The van der Waals surface area contributed by atoms with Gasteiger partial charge in [-0.05, 0) is 23.6 Å². The van der Waals surface area contributed by atoms with Crippen molar-refractivity contribution in [3.05, 3.63) is 35.4 Å². The van der Waals surface area contributed by atoms with Crippen LogP contribution in [-0.2, 0) is 4.74 Å². The summed E-state index contributed by atoms with van der Waals surface area (Å²) in [5, 5.41) is 12.4. The predicted molar refractivity (Wildman–Crippen MR) is 66.5 cm³/mol. The Morgan fingerprint density at radius 1 is 1.47 bits per heavy atom. The summed E-state index contributed by atoms with van der Waals surface area (Å²) < 4.78 is 5.87. The first-order valence-corrected chi connectivity index (χ1v) is 6.05. The number of nitrogens with one attached hydrogen (secondary N) is 1. The molecule has 0 aromatic heterocycles. The van der Waals surface area contributed by atoms with Crippen LogP contribution in [0.4, 0.5) is 0 Å². The maximum Gasteiger partial charge on any atom is 0.0991 e. The van der Waals surface area contributed by atoms with Crippen LogP contribution in [0.25, 0.3) is 0 Å². The Kier molecular flexibility index (Phi) is 3.78. The van der Waals surface area contributed by atoms with Gasteiger partial charge in [-0.25, -0.2) is 0 Å². The SMILES string of the molecule is CC(C)C1COC(c2cccc(C#N)c2)CN1. The summed E-state index contributed by atoms with van der Waals surface area (Å²) in [6.45, 7) is 5.94. The van der Waals surface area contributed by atoms with Gasteiger partial charge >= 0.3 is 0 Å². The molecule has 1 aromatic rings. The number of morpholine rings is 1. The average molecular weight is 230 g/mol. The Labute approximate surface area is 102 Å². The van der Waals surface area contributed by atoms with Crippen LogP contribution in [0.5, 0.6) is 0 Å². The first-order valence-electron chi connectivity index (χ1n) is 6.05. The fourth-order valence-corrected chi connectivity index (χ4v) is 2.05. The van der Waals surface area contributed by atoms with Crippen LogP contribution in [0.2, 0.25) is 0 Å². The van der Waals surface area contributed by atoms with Crippen molar-refractivity contribution >= 4 is 0 Å². The minimum Gasteiger partial charge on any atom is -0.371 e. The molecule has 1 aliphatic heterocycles. The summed E-state index contributed by atoms with van der Waals surface area (Å²) >= 11 is 0. The fraction of sp³-hybridized carbons (Fsp3) is 0.500. The highest BCUT2D eigenvalue weighted by atomic mass is 16.5. The zero-order chi connectivity index (χ0) is 12.3. The van der Waals surface area contributed by atoms with E-state index in [4.69, 9.17) is 10.00 Å². The molecule has 3 nitrogen and oxygen atoms in total. The van der Waals surface area contributed by atoms with Crippen molar-refractivity contribution in [3.8, 4) is 6.07 Å². The van der Waals surface area contributed by atoms with Gasteiger partial charge in [0, 0.05) is 12.6 Å². The van der Waals surface area contributed by atoms with Crippen LogP contribution in [0, 0.1) is 17.2 Å². The molecule has 1 fully saturated rings. The first-order chi connectivity index (χ1) is 8.20. The second kappa shape index (κ2) is 5.31. The first kappa shape index (κ1) is 12.1.